The third-order valence-corrected chi connectivity index (χ3v) is 7.38. The lowest BCUT2D eigenvalue weighted by Crippen LogP contribution is -2.55. The number of carbonyl (C=O) groups excluding carboxylic acids is 2. The number of hydrogen-bond donors (Lipinski definition) is 1. The SMILES string of the molecule is CC(=O)Nc1ccc(S(=O)(=O)N2CCC(N3CC(C)(C)COC3=O)CC2)cc1Cl. The first-order valence-corrected chi connectivity index (χ1v) is 11.3. The number of anilines is 1. The number of benzene rings is 1. The number of halogens is 1. The Balaban J connectivity index is 1.69. The van der Waals surface area contributed by atoms with E-state index in [1.54, 1.807) is 4.90 Å². The fourth-order valence-electron chi connectivity index (χ4n) is 3.68. The van der Waals surface area contributed by atoms with Crippen molar-refractivity contribution in [1.29, 1.82) is 0 Å². The summed E-state index contributed by atoms with van der Waals surface area (Å²) in [4.78, 5) is 25.1. The zero-order valence-electron chi connectivity index (χ0n) is 16.8. The van der Waals surface area contributed by atoms with Crippen LogP contribution in [0.2, 0.25) is 5.02 Å². The summed E-state index contributed by atoms with van der Waals surface area (Å²) in [6.07, 6.45) is 0.760. The molecule has 3 rings (SSSR count). The molecule has 0 spiro atoms. The van der Waals surface area contributed by atoms with E-state index in [-0.39, 0.29) is 33.4 Å². The highest BCUT2D eigenvalue weighted by molar-refractivity contribution is 7.89. The molecule has 160 valence electrons. The number of sulfonamides is 1. The van der Waals surface area contributed by atoms with Crippen LogP contribution in [0.3, 0.4) is 0 Å². The van der Waals surface area contributed by atoms with E-state index in [1.807, 2.05) is 13.8 Å². The van der Waals surface area contributed by atoms with E-state index in [0.717, 1.165) is 0 Å². The lowest BCUT2D eigenvalue weighted by molar-refractivity contribution is -0.114. The van der Waals surface area contributed by atoms with Gasteiger partial charge in [-0.05, 0) is 31.0 Å². The number of nitrogens with one attached hydrogen (secondary N) is 1. The molecule has 2 aliphatic rings. The first kappa shape index (κ1) is 21.9. The van der Waals surface area contributed by atoms with Gasteiger partial charge < -0.3 is 15.0 Å². The summed E-state index contributed by atoms with van der Waals surface area (Å²) in [5.74, 6) is -0.288. The Labute approximate surface area is 176 Å². The fourth-order valence-corrected chi connectivity index (χ4v) is 5.47. The molecule has 2 fully saturated rings. The summed E-state index contributed by atoms with van der Waals surface area (Å²) < 4.78 is 32.7. The molecule has 2 aliphatic heterocycles. The van der Waals surface area contributed by atoms with Crippen molar-refractivity contribution < 1.29 is 22.7 Å². The molecule has 2 saturated heterocycles. The van der Waals surface area contributed by atoms with Gasteiger partial charge in [0.25, 0.3) is 0 Å². The molecular weight excluding hydrogens is 418 g/mol. The molecule has 0 radical (unpaired) electrons. The van der Waals surface area contributed by atoms with Crippen LogP contribution in [-0.2, 0) is 19.6 Å². The normalized spacial score (nSPS) is 21.0. The summed E-state index contributed by atoms with van der Waals surface area (Å²) in [6, 6.07) is 4.22. The molecule has 0 saturated carbocycles. The number of cyclic esters (lactones) is 1. The Hall–Kier alpha value is -1.84. The van der Waals surface area contributed by atoms with Gasteiger partial charge in [0.05, 0.1) is 22.2 Å². The smallest absolute Gasteiger partial charge is 0.410 e. The lowest BCUT2D eigenvalue weighted by Gasteiger charge is -2.43. The summed E-state index contributed by atoms with van der Waals surface area (Å²) in [5.41, 5.74) is 0.242. The van der Waals surface area contributed by atoms with Crippen LogP contribution in [-0.4, -0.2) is 61.9 Å². The van der Waals surface area contributed by atoms with Crippen LogP contribution in [0.15, 0.2) is 23.1 Å². The lowest BCUT2D eigenvalue weighted by atomic mass is 9.91. The number of nitrogens with zero attached hydrogens (tertiary/aromatic N) is 2. The third-order valence-electron chi connectivity index (χ3n) is 5.17. The van der Waals surface area contributed by atoms with Gasteiger partial charge in [-0.1, -0.05) is 25.4 Å². The summed E-state index contributed by atoms with van der Waals surface area (Å²) in [7, 11) is -3.72. The molecule has 29 heavy (non-hydrogen) atoms. The topological polar surface area (TPSA) is 96.0 Å². The molecule has 1 aromatic carbocycles. The van der Waals surface area contributed by atoms with Crippen molar-refractivity contribution in [2.75, 3.05) is 31.6 Å². The second kappa shape index (κ2) is 8.12. The molecule has 8 nitrogen and oxygen atoms in total. The maximum absolute atomic E-state index is 13.0. The van der Waals surface area contributed by atoms with Crippen molar-refractivity contribution in [2.24, 2.45) is 5.41 Å². The Morgan fingerprint density at radius 3 is 2.52 bits per heavy atom. The van der Waals surface area contributed by atoms with Crippen molar-refractivity contribution in [1.82, 2.24) is 9.21 Å². The van der Waals surface area contributed by atoms with Crippen LogP contribution < -0.4 is 5.32 Å². The van der Waals surface area contributed by atoms with Crippen molar-refractivity contribution >= 4 is 39.3 Å². The summed E-state index contributed by atoms with van der Waals surface area (Å²) in [6.45, 7) is 7.05. The van der Waals surface area contributed by atoms with E-state index >= 15 is 0 Å². The van der Waals surface area contributed by atoms with Gasteiger partial charge in [0.2, 0.25) is 15.9 Å². The standard InChI is InChI=1S/C19H26ClN3O5S/c1-13(24)21-17-5-4-15(10-16(17)20)29(26,27)22-8-6-14(7-9-22)23-11-19(2,3)12-28-18(23)25/h4-5,10,14H,6-9,11-12H2,1-3H3,(H,21,24). The summed E-state index contributed by atoms with van der Waals surface area (Å²) in [5, 5.41) is 2.72. The van der Waals surface area contributed by atoms with E-state index in [0.29, 0.717) is 44.8 Å². The Morgan fingerprint density at radius 2 is 1.93 bits per heavy atom. The zero-order chi connectivity index (χ0) is 21.4. The zero-order valence-corrected chi connectivity index (χ0v) is 18.3. The van der Waals surface area contributed by atoms with E-state index in [9.17, 15) is 18.0 Å². The van der Waals surface area contributed by atoms with Gasteiger partial charge in [0.15, 0.2) is 0 Å². The number of ether oxygens (including phenoxy) is 1. The van der Waals surface area contributed by atoms with E-state index in [2.05, 4.69) is 5.32 Å². The van der Waals surface area contributed by atoms with Gasteiger partial charge in [-0.15, -0.1) is 0 Å². The Kier molecular flexibility index (Phi) is 6.12. The quantitative estimate of drug-likeness (QED) is 0.771. The first-order valence-electron chi connectivity index (χ1n) is 9.50. The molecule has 2 amide bonds. The third kappa shape index (κ3) is 4.84. The van der Waals surface area contributed by atoms with Crippen molar-refractivity contribution in [3.05, 3.63) is 23.2 Å². The van der Waals surface area contributed by atoms with Crippen LogP contribution >= 0.6 is 11.6 Å². The second-order valence-corrected chi connectivity index (χ2v) is 10.6. The highest BCUT2D eigenvalue weighted by Gasteiger charge is 2.39. The van der Waals surface area contributed by atoms with Gasteiger partial charge in [-0.25, -0.2) is 13.2 Å². The molecule has 0 bridgehead atoms. The predicted octanol–water partition coefficient (Wildman–Crippen LogP) is 2.93. The Morgan fingerprint density at radius 1 is 1.28 bits per heavy atom. The molecule has 0 aromatic heterocycles. The second-order valence-electron chi connectivity index (χ2n) is 8.30. The minimum absolute atomic E-state index is 0.0424. The summed E-state index contributed by atoms with van der Waals surface area (Å²) >= 11 is 6.13. The minimum atomic E-state index is -3.72. The van der Waals surface area contributed by atoms with Crippen LogP contribution in [0.25, 0.3) is 0 Å². The van der Waals surface area contributed by atoms with E-state index in [1.165, 1.54) is 29.4 Å². The van der Waals surface area contributed by atoms with Gasteiger partial charge in [-0.2, -0.15) is 4.31 Å². The maximum atomic E-state index is 13.0. The van der Waals surface area contributed by atoms with E-state index < -0.39 is 10.0 Å². The van der Waals surface area contributed by atoms with Crippen molar-refractivity contribution in [2.45, 2.75) is 44.6 Å². The number of carbonyl (C=O) groups is 2. The van der Waals surface area contributed by atoms with Gasteiger partial charge >= 0.3 is 6.09 Å². The number of hydrogen-bond acceptors (Lipinski definition) is 5. The molecule has 2 heterocycles. The number of piperidine rings is 1. The minimum Gasteiger partial charge on any atom is -0.449 e. The van der Waals surface area contributed by atoms with Crippen molar-refractivity contribution in [3.63, 3.8) is 0 Å². The molecule has 1 N–H and O–H groups in total. The average molecular weight is 444 g/mol. The van der Waals surface area contributed by atoms with Gasteiger partial charge in [0, 0.05) is 38.0 Å². The fraction of sp³-hybridized carbons (Fsp3) is 0.579. The first-order chi connectivity index (χ1) is 13.5. The van der Waals surface area contributed by atoms with Crippen LogP contribution in [0.5, 0.6) is 0 Å². The highest BCUT2D eigenvalue weighted by Crippen LogP contribution is 2.31. The average Bonchev–Trinajstić information content (AvgIpc) is 2.65. The highest BCUT2D eigenvalue weighted by atomic mass is 35.5. The maximum Gasteiger partial charge on any atom is 0.410 e. The monoisotopic (exact) mass is 443 g/mol. The molecule has 10 heteroatoms. The van der Waals surface area contributed by atoms with Gasteiger partial charge in [-0.3, -0.25) is 4.79 Å². The van der Waals surface area contributed by atoms with Crippen LogP contribution in [0.4, 0.5) is 10.5 Å². The largest absolute Gasteiger partial charge is 0.449 e. The molecular formula is C19H26ClN3O5S. The molecule has 0 aliphatic carbocycles. The van der Waals surface area contributed by atoms with E-state index in [4.69, 9.17) is 16.3 Å². The Bertz CT molecular complexity index is 910. The predicted molar refractivity (Wildman–Crippen MR) is 109 cm³/mol. The molecule has 1 aromatic rings. The number of rotatable bonds is 4. The van der Waals surface area contributed by atoms with Crippen LogP contribution in [0, 0.1) is 5.41 Å². The van der Waals surface area contributed by atoms with Gasteiger partial charge in [0.1, 0.15) is 0 Å². The van der Waals surface area contributed by atoms with Crippen LogP contribution in [0.1, 0.15) is 33.6 Å². The van der Waals surface area contributed by atoms with Crippen molar-refractivity contribution in [3.8, 4) is 0 Å². The molecule has 0 atom stereocenters. The molecule has 0 unspecified atom stereocenters. The number of amides is 2.